The van der Waals surface area contributed by atoms with Crippen LogP contribution in [0, 0.1) is 0 Å². The molecule has 0 spiro atoms. The Hall–Kier alpha value is -2.07. The number of rotatable bonds is 6. The first-order valence-corrected chi connectivity index (χ1v) is 6.82. The van der Waals surface area contributed by atoms with E-state index >= 15 is 0 Å². The molecule has 4 nitrogen and oxygen atoms in total. The lowest BCUT2D eigenvalue weighted by molar-refractivity contribution is -0.378. The zero-order chi connectivity index (χ0) is 14.4. The predicted octanol–water partition coefficient (Wildman–Crippen LogP) is 2.21. The Morgan fingerprint density at radius 2 is 2.05 bits per heavy atom. The van der Waals surface area contributed by atoms with Gasteiger partial charge in [-0.1, -0.05) is 13.8 Å². The van der Waals surface area contributed by atoms with Crippen LogP contribution in [0.4, 0.5) is 0 Å². The Kier molecular flexibility index (Phi) is 4.96. The van der Waals surface area contributed by atoms with Gasteiger partial charge in [0.2, 0.25) is 0 Å². The summed E-state index contributed by atoms with van der Waals surface area (Å²) in [4.78, 5) is 19.3. The molecule has 0 aromatic carbocycles. The molecule has 0 aliphatic carbocycles. The van der Waals surface area contributed by atoms with Gasteiger partial charge in [-0.2, -0.15) is 0 Å². The van der Waals surface area contributed by atoms with E-state index in [4.69, 9.17) is 0 Å². The Morgan fingerprint density at radius 1 is 1.30 bits per heavy atom. The van der Waals surface area contributed by atoms with Crippen LogP contribution in [0.25, 0.3) is 0 Å². The molecule has 1 atom stereocenters. The van der Waals surface area contributed by atoms with Gasteiger partial charge in [0.25, 0.3) is 0 Å². The molecular formula is C16H20N3O+. The normalized spacial score (nSPS) is 12.3. The second-order valence-corrected chi connectivity index (χ2v) is 5.08. The average molecular weight is 270 g/mol. The molecule has 0 radical (unpaired) electrons. The fraction of sp³-hybridized carbons (Fsp3) is 0.312. The zero-order valence-electron chi connectivity index (χ0n) is 11.8. The number of ketones is 1. The quantitative estimate of drug-likeness (QED) is 0.819. The van der Waals surface area contributed by atoms with Crippen LogP contribution < -0.4 is 10.3 Å². The number of nitrogens with zero attached hydrogens (tertiary/aromatic N) is 1. The van der Waals surface area contributed by atoms with Gasteiger partial charge in [0.1, 0.15) is 0 Å². The summed E-state index contributed by atoms with van der Waals surface area (Å²) in [5.74, 6) is 0.101. The first-order chi connectivity index (χ1) is 9.66. The highest BCUT2D eigenvalue weighted by atomic mass is 16.1. The maximum atomic E-state index is 12.3. The van der Waals surface area contributed by atoms with E-state index in [9.17, 15) is 4.79 Å². The lowest BCUT2D eigenvalue weighted by atomic mass is 9.99. The summed E-state index contributed by atoms with van der Waals surface area (Å²) >= 11 is 0. The van der Waals surface area contributed by atoms with Gasteiger partial charge in [0, 0.05) is 48.6 Å². The smallest absolute Gasteiger partial charge is 0.167 e. The minimum atomic E-state index is 0.0114. The lowest BCUT2D eigenvalue weighted by Gasteiger charge is -2.20. The summed E-state index contributed by atoms with van der Waals surface area (Å²) < 4.78 is 0. The van der Waals surface area contributed by atoms with Gasteiger partial charge in [-0.05, 0) is 17.7 Å². The van der Waals surface area contributed by atoms with Crippen molar-refractivity contribution in [3.63, 3.8) is 0 Å². The molecule has 1 unspecified atom stereocenters. The van der Waals surface area contributed by atoms with Gasteiger partial charge in [-0.3, -0.25) is 9.78 Å². The molecular weight excluding hydrogens is 250 g/mol. The standard InChI is InChI=1S/C16H19N3O/c1-12(2)19-15(13-5-8-17-9-6-13)10-16(20)14-4-3-7-18-11-14/h3-9,11-12,15,19H,10H2,1-2H3/p+1. The van der Waals surface area contributed by atoms with Crippen molar-refractivity contribution >= 4 is 5.78 Å². The molecule has 2 aromatic rings. The number of pyridine rings is 2. The van der Waals surface area contributed by atoms with Crippen molar-refractivity contribution < 1.29 is 9.78 Å². The van der Waals surface area contributed by atoms with Gasteiger partial charge in [-0.15, -0.1) is 0 Å². The van der Waals surface area contributed by atoms with Gasteiger partial charge in [-0.25, -0.2) is 4.98 Å². The second-order valence-electron chi connectivity index (χ2n) is 5.08. The van der Waals surface area contributed by atoms with Crippen LogP contribution in [0.3, 0.4) is 0 Å². The fourth-order valence-corrected chi connectivity index (χ4v) is 2.14. The summed E-state index contributed by atoms with van der Waals surface area (Å²) in [5, 5.41) is 3.44. The summed E-state index contributed by atoms with van der Waals surface area (Å²) in [5.41, 5.74) is 1.76. The zero-order valence-corrected chi connectivity index (χ0v) is 11.8. The minimum absolute atomic E-state index is 0.0114. The van der Waals surface area contributed by atoms with Crippen molar-refractivity contribution in [2.45, 2.75) is 32.4 Å². The van der Waals surface area contributed by atoms with Crippen LogP contribution in [-0.4, -0.2) is 16.8 Å². The SMILES string of the molecule is CC(C)NC(CC(=O)c1cccnc1)c1cc[nH+]cc1. The van der Waals surface area contributed by atoms with Crippen LogP contribution in [0.15, 0.2) is 49.1 Å². The van der Waals surface area contributed by atoms with Gasteiger partial charge < -0.3 is 5.32 Å². The van der Waals surface area contributed by atoms with E-state index in [-0.39, 0.29) is 11.8 Å². The van der Waals surface area contributed by atoms with E-state index < -0.39 is 0 Å². The molecule has 2 N–H and O–H groups in total. The number of aromatic nitrogens is 2. The Bertz CT molecular complexity index is 540. The van der Waals surface area contributed by atoms with Crippen molar-refractivity contribution in [1.82, 2.24) is 10.3 Å². The maximum absolute atomic E-state index is 12.3. The summed E-state index contributed by atoms with van der Waals surface area (Å²) in [6.07, 6.45) is 7.47. The maximum Gasteiger partial charge on any atom is 0.167 e. The van der Waals surface area contributed by atoms with Crippen molar-refractivity contribution in [1.29, 1.82) is 0 Å². The molecule has 0 amide bonds. The molecule has 0 saturated carbocycles. The summed E-state index contributed by atoms with van der Waals surface area (Å²) in [6, 6.07) is 7.91. The number of hydrogen-bond donors (Lipinski definition) is 1. The highest BCUT2D eigenvalue weighted by Crippen LogP contribution is 2.19. The molecule has 2 heterocycles. The van der Waals surface area contributed by atoms with Crippen LogP contribution in [0.1, 0.15) is 42.2 Å². The number of hydrogen-bond acceptors (Lipinski definition) is 3. The predicted molar refractivity (Wildman–Crippen MR) is 77.2 cm³/mol. The van der Waals surface area contributed by atoms with Gasteiger partial charge in [0.15, 0.2) is 18.2 Å². The molecule has 20 heavy (non-hydrogen) atoms. The second kappa shape index (κ2) is 6.91. The van der Waals surface area contributed by atoms with Crippen molar-refractivity contribution in [3.05, 3.63) is 60.2 Å². The van der Waals surface area contributed by atoms with Crippen LogP contribution in [-0.2, 0) is 0 Å². The highest BCUT2D eigenvalue weighted by molar-refractivity contribution is 5.96. The first-order valence-electron chi connectivity index (χ1n) is 6.82. The van der Waals surface area contributed by atoms with Gasteiger partial charge in [0.05, 0.1) is 0 Å². The van der Waals surface area contributed by atoms with Crippen LogP contribution in [0.2, 0.25) is 0 Å². The van der Waals surface area contributed by atoms with Gasteiger partial charge >= 0.3 is 0 Å². The molecule has 0 fully saturated rings. The minimum Gasteiger partial charge on any atom is -0.307 e. The lowest BCUT2D eigenvalue weighted by Crippen LogP contribution is -2.30. The molecule has 2 rings (SSSR count). The van der Waals surface area contributed by atoms with Crippen molar-refractivity contribution in [2.75, 3.05) is 0 Å². The number of carbonyl (C=O) groups is 1. The Labute approximate surface area is 119 Å². The van der Waals surface area contributed by atoms with E-state index in [0.717, 1.165) is 5.56 Å². The monoisotopic (exact) mass is 270 g/mol. The Balaban J connectivity index is 2.14. The number of carbonyl (C=O) groups excluding carboxylic acids is 1. The third kappa shape index (κ3) is 3.96. The van der Waals surface area contributed by atoms with E-state index in [0.29, 0.717) is 18.0 Å². The number of H-pyrrole nitrogens is 1. The van der Waals surface area contributed by atoms with E-state index in [1.54, 1.807) is 24.5 Å². The molecule has 0 saturated heterocycles. The molecule has 0 aliphatic rings. The molecule has 104 valence electrons. The number of aromatic amines is 1. The highest BCUT2D eigenvalue weighted by Gasteiger charge is 2.18. The van der Waals surface area contributed by atoms with Crippen molar-refractivity contribution in [2.24, 2.45) is 0 Å². The topological polar surface area (TPSA) is 56.1 Å². The third-order valence-corrected chi connectivity index (χ3v) is 3.05. The van der Waals surface area contributed by atoms with Crippen LogP contribution in [0.5, 0.6) is 0 Å². The molecule has 2 aromatic heterocycles. The molecule has 0 bridgehead atoms. The Morgan fingerprint density at radius 3 is 2.65 bits per heavy atom. The number of nitrogens with one attached hydrogen (secondary N) is 2. The molecule has 0 aliphatic heterocycles. The van der Waals surface area contributed by atoms with E-state index in [2.05, 4.69) is 29.1 Å². The molecule has 4 heteroatoms. The van der Waals surface area contributed by atoms with Crippen LogP contribution >= 0.6 is 0 Å². The van der Waals surface area contributed by atoms with E-state index in [1.165, 1.54) is 0 Å². The first kappa shape index (κ1) is 14.3. The fourth-order valence-electron chi connectivity index (χ4n) is 2.14. The largest absolute Gasteiger partial charge is 0.307 e. The third-order valence-electron chi connectivity index (χ3n) is 3.05. The average Bonchev–Trinajstić information content (AvgIpc) is 2.48. The van der Waals surface area contributed by atoms with E-state index in [1.807, 2.05) is 24.5 Å². The van der Waals surface area contributed by atoms with Crippen molar-refractivity contribution in [3.8, 4) is 0 Å². The summed E-state index contributed by atoms with van der Waals surface area (Å²) in [7, 11) is 0. The number of Topliss-reactive ketones (excluding diaryl/α,β-unsaturated/α-hetero) is 1. The summed E-state index contributed by atoms with van der Waals surface area (Å²) in [6.45, 7) is 4.16.